The summed E-state index contributed by atoms with van der Waals surface area (Å²) in [5.74, 6) is -1.05. The van der Waals surface area contributed by atoms with Crippen molar-refractivity contribution >= 4 is 34.8 Å². The van der Waals surface area contributed by atoms with Crippen LogP contribution >= 0.6 is 0 Å². The van der Waals surface area contributed by atoms with Crippen LogP contribution in [0.25, 0.3) is 0 Å². The van der Waals surface area contributed by atoms with Crippen LogP contribution in [-0.2, 0) is 9.59 Å². The van der Waals surface area contributed by atoms with Crippen molar-refractivity contribution in [2.24, 2.45) is 5.41 Å². The third-order valence-electron chi connectivity index (χ3n) is 10.1. The molecule has 11 heteroatoms. The Hall–Kier alpha value is -3.99. The van der Waals surface area contributed by atoms with Crippen LogP contribution in [0.5, 0.6) is 0 Å². The minimum atomic E-state index is -0.676. The smallest absolute Gasteiger partial charge is 0.269 e. The summed E-state index contributed by atoms with van der Waals surface area (Å²) in [5, 5.41) is 16.0. The van der Waals surface area contributed by atoms with Crippen molar-refractivity contribution in [3.8, 4) is 0 Å². The highest BCUT2D eigenvalue weighted by molar-refractivity contribution is 6.03. The molecule has 0 radical (unpaired) electrons. The van der Waals surface area contributed by atoms with E-state index in [1.54, 1.807) is 12.1 Å². The molecular weight excluding hydrogens is 548 g/mol. The van der Waals surface area contributed by atoms with Gasteiger partial charge in [0.05, 0.1) is 4.92 Å². The minimum Gasteiger partial charge on any atom is -0.371 e. The molecule has 1 saturated carbocycles. The Morgan fingerprint density at radius 3 is 1.98 bits per heavy atom. The van der Waals surface area contributed by atoms with Gasteiger partial charge in [-0.1, -0.05) is 0 Å². The Morgan fingerprint density at radius 1 is 0.814 bits per heavy atom. The van der Waals surface area contributed by atoms with E-state index in [1.807, 2.05) is 36.4 Å². The maximum Gasteiger partial charge on any atom is 0.269 e. The second-order valence-corrected chi connectivity index (χ2v) is 12.5. The van der Waals surface area contributed by atoms with Crippen molar-refractivity contribution in [2.75, 3.05) is 49.1 Å². The lowest BCUT2D eigenvalue weighted by Gasteiger charge is -2.49. The molecule has 2 N–H and O–H groups in total. The normalized spacial score (nSPS) is 23.2. The average molecular weight is 589 g/mol. The van der Waals surface area contributed by atoms with Gasteiger partial charge in [0.1, 0.15) is 6.04 Å². The van der Waals surface area contributed by atoms with Gasteiger partial charge in [-0.2, -0.15) is 0 Å². The Morgan fingerprint density at radius 2 is 1.40 bits per heavy atom. The van der Waals surface area contributed by atoms with E-state index in [9.17, 15) is 24.5 Å². The largest absolute Gasteiger partial charge is 0.371 e. The van der Waals surface area contributed by atoms with Gasteiger partial charge in [0.15, 0.2) is 0 Å². The number of hydrogen-bond acceptors (Lipinski definition) is 8. The first-order chi connectivity index (χ1) is 20.8. The van der Waals surface area contributed by atoms with Gasteiger partial charge in [-0.3, -0.25) is 34.7 Å². The molecule has 4 fully saturated rings. The number of nitrogens with one attached hydrogen (secondary N) is 2. The van der Waals surface area contributed by atoms with E-state index < -0.39 is 11.9 Å². The standard InChI is InChI=1S/C32H40N6O5/c39-29-10-9-28(31(41)34-29)33-30(40)23-1-3-24(4-2-23)35-17-15-32(16-18-35)13-11-26(12-14-32)37-21-19-36(20-22-37)25-5-7-27(8-6-25)38(42)43/h1-8,26,28H,9-22H2,(H,33,40)(H,34,39,41). The van der Waals surface area contributed by atoms with Crippen molar-refractivity contribution in [2.45, 2.75) is 63.5 Å². The molecule has 6 rings (SSSR count). The molecule has 1 spiro atoms. The molecule has 0 bridgehead atoms. The van der Waals surface area contributed by atoms with Crippen LogP contribution < -0.4 is 20.4 Å². The molecule has 0 aromatic heterocycles. The molecular formula is C32H40N6O5. The highest BCUT2D eigenvalue weighted by Gasteiger charge is 2.40. The van der Waals surface area contributed by atoms with Crippen LogP contribution in [0.4, 0.5) is 17.1 Å². The van der Waals surface area contributed by atoms with Crippen molar-refractivity contribution in [1.29, 1.82) is 0 Å². The number of nitro benzene ring substituents is 1. The van der Waals surface area contributed by atoms with E-state index in [0.29, 0.717) is 23.4 Å². The van der Waals surface area contributed by atoms with Crippen LogP contribution in [0.1, 0.15) is 61.7 Å². The highest BCUT2D eigenvalue weighted by atomic mass is 16.6. The van der Waals surface area contributed by atoms with Gasteiger partial charge in [0, 0.05) is 80.8 Å². The first-order valence-electron chi connectivity index (χ1n) is 15.5. The number of anilines is 2. The summed E-state index contributed by atoms with van der Waals surface area (Å²) in [5.41, 5.74) is 3.25. The fourth-order valence-corrected chi connectivity index (χ4v) is 7.35. The number of rotatable bonds is 6. The summed E-state index contributed by atoms with van der Waals surface area (Å²) < 4.78 is 0. The lowest BCUT2D eigenvalue weighted by molar-refractivity contribution is -0.384. The van der Waals surface area contributed by atoms with E-state index in [-0.39, 0.29) is 28.8 Å². The second-order valence-electron chi connectivity index (χ2n) is 12.5. The predicted octanol–water partition coefficient (Wildman–Crippen LogP) is 3.48. The second kappa shape index (κ2) is 12.3. The number of benzene rings is 2. The number of carbonyl (C=O) groups is 3. The Labute approximate surface area is 251 Å². The number of imide groups is 1. The zero-order valence-corrected chi connectivity index (χ0v) is 24.5. The average Bonchev–Trinajstić information content (AvgIpc) is 3.03. The third kappa shape index (κ3) is 6.51. The van der Waals surface area contributed by atoms with Gasteiger partial charge in [-0.25, -0.2) is 0 Å². The summed E-state index contributed by atoms with van der Waals surface area (Å²) in [6, 6.07) is 14.5. The first-order valence-corrected chi connectivity index (χ1v) is 15.5. The van der Waals surface area contributed by atoms with Crippen LogP contribution in [0, 0.1) is 15.5 Å². The van der Waals surface area contributed by atoms with Crippen LogP contribution in [0.3, 0.4) is 0 Å². The van der Waals surface area contributed by atoms with Crippen LogP contribution in [0.15, 0.2) is 48.5 Å². The maximum atomic E-state index is 12.7. The van der Waals surface area contributed by atoms with Gasteiger partial charge in [-0.05, 0) is 86.8 Å². The summed E-state index contributed by atoms with van der Waals surface area (Å²) in [6.45, 7) is 5.99. The molecule has 2 aromatic carbocycles. The molecule has 3 aliphatic heterocycles. The highest BCUT2D eigenvalue weighted by Crippen LogP contribution is 2.46. The lowest BCUT2D eigenvalue weighted by Crippen LogP contribution is -2.52. The molecule has 1 atom stereocenters. The van der Waals surface area contributed by atoms with Gasteiger partial charge < -0.3 is 15.1 Å². The topological polar surface area (TPSA) is 128 Å². The molecule has 1 aliphatic carbocycles. The van der Waals surface area contributed by atoms with Crippen molar-refractivity contribution in [3.05, 3.63) is 64.2 Å². The summed E-state index contributed by atoms with van der Waals surface area (Å²) in [7, 11) is 0. The molecule has 3 amide bonds. The zero-order valence-electron chi connectivity index (χ0n) is 24.5. The SMILES string of the molecule is O=C1CCC(NC(=O)c2ccc(N3CCC4(CCC(N5CCN(c6ccc([N+](=O)[O-])cc6)CC5)CC4)CC3)cc2)C(=O)N1. The lowest BCUT2D eigenvalue weighted by atomic mass is 9.66. The molecule has 43 heavy (non-hydrogen) atoms. The van der Waals surface area contributed by atoms with E-state index in [1.165, 1.54) is 38.5 Å². The molecule has 228 valence electrons. The predicted molar refractivity (Wildman–Crippen MR) is 163 cm³/mol. The number of nitro groups is 1. The van der Waals surface area contributed by atoms with Crippen molar-refractivity contribution < 1.29 is 19.3 Å². The number of piperazine rings is 1. The number of piperidine rings is 2. The van der Waals surface area contributed by atoms with Gasteiger partial charge in [0.2, 0.25) is 11.8 Å². The molecule has 2 aromatic rings. The minimum absolute atomic E-state index is 0.135. The molecule has 4 aliphatic rings. The Bertz CT molecular complexity index is 1340. The van der Waals surface area contributed by atoms with Gasteiger partial charge in [-0.15, -0.1) is 0 Å². The number of nitrogens with zero attached hydrogens (tertiary/aromatic N) is 4. The van der Waals surface area contributed by atoms with Gasteiger partial charge in [0.25, 0.3) is 11.6 Å². The number of hydrogen-bond donors (Lipinski definition) is 2. The monoisotopic (exact) mass is 588 g/mol. The number of amides is 3. The quantitative estimate of drug-likeness (QED) is 0.298. The molecule has 1 unspecified atom stereocenters. The fourth-order valence-electron chi connectivity index (χ4n) is 7.35. The molecule has 3 heterocycles. The fraction of sp³-hybridized carbons (Fsp3) is 0.531. The van der Waals surface area contributed by atoms with E-state index in [4.69, 9.17) is 0 Å². The molecule has 3 saturated heterocycles. The van der Waals surface area contributed by atoms with E-state index in [0.717, 1.165) is 50.6 Å². The van der Waals surface area contributed by atoms with Crippen molar-refractivity contribution in [1.82, 2.24) is 15.5 Å². The Kier molecular flexibility index (Phi) is 8.34. The third-order valence-corrected chi connectivity index (χ3v) is 10.1. The van der Waals surface area contributed by atoms with E-state index >= 15 is 0 Å². The zero-order chi connectivity index (χ0) is 30.0. The molecule has 11 nitrogen and oxygen atoms in total. The number of non-ortho nitro benzene ring substituents is 1. The van der Waals surface area contributed by atoms with Gasteiger partial charge >= 0.3 is 0 Å². The Balaban J connectivity index is 0.941. The number of carbonyl (C=O) groups excluding carboxylic acids is 3. The van der Waals surface area contributed by atoms with Crippen molar-refractivity contribution in [3.63, 3.8) is 0 Å². The van der Waals surface area contributed by atoms with Crippen LogP contribution in [-0.4, -0.2) is 78.9 Å². The van der Waals surface area contributed by atoms with Crippen LogP contribution in [0.2, 0.25) is 0 Å². The summed E-state index contributed by atoms with van der Waals surface area (Å²) in [4.78, 5) is 54.0. The maximum absolute atomic E-state index is 12.7. The summed E-state index contributed by atoms with van der Waals surface area (Å²) in [6.07, 6.45) is 7.96. The first kappa shape index (κ1) is 29.1. The van der Waals surface area contributed by atoms with E-state index in [2.05, 4.69) is 25.3 Å². The summed E-state index contributed by atoms with van der Waals surface area (Å²) >= 11 is 0.